The number of rotatable bonds is 3. The Hall–Kier alpha value is -1.38. The summed E-state index contributed by atoms with van der Waals surface area (Å²) in [6, 6.07) is 9.21. The summed E-state index contributed by atoms with van der Waals surface area (Å²) >= 11 is 6.36. The van der Waals surface area contributed by atoms with E-state index < -0.39 is 0 Å². The molecule has 0 aliphatic heterocycles. The van der Waals surface area contributed by atoms with Crippen LogP contribution in [0.25, 0.3) is 0 Å². The first kappa shape index (κ1) is 15.0. The molecule has 1 nitrogen and oxygen atoms in total. The van der Waals surface area contributed by atoms with Crippen molar-refractivity contribution in [2.45, 2.75) is 26.8 Å². The molecular formula is C17H19ClFN. The van der Waals surface area contributed by atoms with Crippen molar-refractivity contribution in [3.8, 4) is 0 Å². The van der Waals surface area contributed by atoms with Crippen LogP contribution in [0.5, 0.6) is 0 Å². The van der Waals surface area contributed by atoms with Gasteiger partial charge in [-0.05, 0) is 67.8 Å². The quantitative estimate of drug-likeness (QED) is 0.863. The Morgan fingerprint density at radius 1 is 1.00 bits per heavy atom. The fraction of sp³-hybridized carbons (Fsp3) is 0.294. The molecule has 0 heterocycles. The maximum Gasteiger partial charge on any atom is 0.126 e. The predicted molar refractivity (Wildman–Crippen MR) is 83.0 cm³/mol. The lowest BCUT2D eigenvalue weighted by atomic mass is 9.95. The molecule has 1 unspecified atom stereocenters. The van der Waals surface area contributed by atoms with Crippen LogP contribution in [0.3, 0.4) is 0 Å². The third kappa shape index (κ3) is 2.87. The summed E-state index contributed by atoms with van der Waals surface area (Å²) in [5.74, 6) is -0.192. The molecule has 0 bridgehead atoms. The fourth-order valence-electron chi connectivity index (χ4n) is 2.31. The lowest BCUT2D eigenvalue weighted by molar-refractivity contribution is 0.608. The Morgan fingerprint density at radius 2 is 1.65 bits per heavy atom. The molecule has 2 aromatic carbocycles. The van der Waals surface area contributed by atoms with Crippen LogP contribution in [-0.2, 0) is 0 Å². The normalized spacial score (nSPS) is 12.5. The van der Waals surface area contributed by atoms with Crippen LogP contribution in [0.1, 0.15) is 33.9 Å². The average Bonchev–Trinajstić information content (AvgIpc) is 2.40. The summed E-state index contributed by atoms with van der Waals surface area (Å²) in [5, 5.41) is 3.92. The highest BCUT2D eigenvalue weighted by molar-refractivity contribution is 6.31. The topological polar surface area (TPSA) is 12.0 Å². The van der Waals surface area contributed by atoms with Gasteiger partial charge in [0.2, 0.25) is 0 Å². The molecule has 1 atom stereocenters. The van der Waals surface area contributed by atoms with Crippen molar-refractivity contribution in [3.05, 3.63) is 69.0 Å². The minimum atomic E-state index is -0.192. The number of aryl methyl sites for hydroxylation is 3. The SMILES string of the molecule is CNC(c1ccc(C)c(F)c1)c1cc(C)c(C)cc1Cl. The highest BCUT2D eigenvalue weighted by Gasteiger charge is 2.17. The van der Waals surface area contributed by atoms with Gasteiger partial charge >= 0.3 is 0 Å². The van der Waals surface area contributed by atoms with Gasteiger partial charge in [0.1, 0.15) is 5.82 Å². The smallest absolute Gasteiger partial charge is 0.126 e. The maximum absolute atomic E-state index is 13.8. The van der Waals surface area contributed by atoms with Crippen molar-refractivity contribution in [2.75, 3.05) is 7.05 Å². The summed E-state index contributed by atoms with van der Waals surface area (Å²) in [6.07, 6.45) is 0. The molecule has 0 radical (unpaired) electrons. The molecule has 2 aromatic rings. The van der Waals surface area contributed by atoms with E-state index in [2.05, 4.69) is 18.3 Å². The highest BCUT2D eigenvalue weighted by Crippen LogP contribution is 2.31. The van der Waals surface area contributed by atoms with Crippen molar-refractivity contribution in [3.63, 3.8) is 0 Å². The first-order valence-electron chi connectivity index (χ1n) is 6.64. The molecule has 0 fully saturated rings. The zero-order valence-electron chi connectivity index (χ0n) is 12.2. The Balaban J connectivity index is 2.52. The molecule has 0 aliphatic carbocycles. The zero-order chi connectivity index (χ0) is 14.9. The van der Waals surface area contributed by atoms with Gasteiger partial charge in [0, 0.05) is 5.02 Å². The van der Waals surface area contributed by atoms with Crippen LogP contribution in [0.2, 0.25) is 5.02 Å². The van der Waals surface area contributed by atoms with Gasteiger partial charge in [0.15, 0.2) is 0 Å². The maximum atomic E-state index is 13.8. The molecule has 0 aromatic heterocycles. The third-order valence-electron chi connectivity index (χ3n) is 3.74. The van der Waals surface area contributed by atoms with E-state index >= 15 is 0 Å². The van der Waals surface area contributed by atoms with E-state index in [-0.39, 0.29) is 11.9 Å². The van der Waals surface area contributed by atoms with E-state index in [0.29, 0.717) is 10.6 Å². The van der Waals surface area contributed by atoms with Gasteiger partial charge in [0.05, 0.1) is 6.04 Å². The number of benzene rings is 2. The summed E-state index contributed by atoms with van der Waals surface area (Å²) in [7, 11) is 1.86. The van der Waals surface area contributed by atoms with Crippen molar-refractivity contribution >= 4 is 11.6 Å². The summed E-state index contributed by atoms with van der Waals surface area (Å²) in [5.41, 5.74) is 4.83. The second-order valence-electron chi connectivity index (χ2n) is 5.19. The molecule has 106 valence electrons. The van der Waals surface area contributed by atoms with Gasteiger partial charge in [-0.3, -0.25) is 0 Å². The van der Waals surface area contributed by atoms with Crippen molar-refractivity contribution in [1.82, 2.24) is 5.32 Å². The molecule has 3 heteroatoms. The van der Waals surface area contributed by atoms with Crippen molar-refractivity contribution in [1.29, 1.82) is 0 Å². The largest absolute Gasteiger partial charge is 0.309 e. The molecule has 1 N–H and O–H groups in total. The van der Waals surface area contributed by atoms with Crippen LogP contribution in [0.15, 0.2) is 30.3 Å². The number of halogens is 2. The fourth-order valence-corrected chi connectivity index (χ4v) is 2.64. The van der Waals surface area contributed by atoms with Gasteiger partial charge in [0.25, 0.3) is 0 Å². The van der Waals surface area contributed by atoms with E-state index in [1.165, 1.54) is 5.56 Å². The third-order valence-corrected chi connectivity index (χ3v) is 4.07. The summed E-state index contributed by atoms with van der Waals surface area (Å²) in [6.45, 7) is 5.85. The predicted octanol–water partition coefficient (Wildman–Crippen LogP) is 4.71. The Labute approximate surface area is 124 Å². The van der Waals surface area contributed by atoms with Crippen LogP contribution in [0.4, 0.5) is 4.39 Å². The number of hydrogen-bond acceptors (Lipinski definition) is 1. The Bertz CT molecular complexity index is 637. The van der Waals surface area contributed by atoms with E-state index in [1.54, 1.807) is 19.1 Å². The molecule has 2 rings (SSSR count). The summed E-state index contributed by atoms with van der Waals surface area (Å²) in [4.78, 5) is 0. The Morgan fingerprint density at radius 3 is 2.25 bits per heavy atom. The number of hydrogen-bond donors (Lipinski definition) is 1. The first-order chi connectivity index (χ1) is 9.43. The minimum absolute atomic E-state index is 0.114. The van der Waals surface area contributed by atoms with E-state index in [4.69, 9.17) is 11.6 Å². The molecule has 0 aliphatic rings. The average molecular weight is 292 g/mol. The molecular weight excluding hydrogens is 273 g/mol. The molecule has 20 heavy (non-hydrogen) atoms. The van der Waals surface area contributed by atoms with Crippen molar-refractivity contribution < 1.29 is 4.39 Å². The van der Waals surface area contributed by atoms with Gasteiger partial charge in [-0.15, -0.1) is 0 Å². The second-order valence-corrected chi connectivity index (χ2v) is 5.60. The van der Waals surface area contributed by atoms with Gasteiger partial charge in [-0.25, -0.2) is 4.39 Å². The molecule has 0 saturated carbocycles. The van der Waals surface area contributed by atoms with Gasteiger partial charge in [-0.1, -0.05) is 29.8 Å². The van der Waals surface area contributed by atoms with Crippen molar-refractivity contribution in [2.24, 2.45) is 0 Å². The minimum Gasteiger partial charge on any atom is -0.309 e. The molecule has 0 saturated heterocycles. The van der Waals surface area contributed by atoms with Gasteiger partial charge < -0.3 is 5.32 Å². The Kier molecular flexibility index (Phi) is 4.46. The van der Waals surface area contributed by atoms with E-state index in [1.807, 2.05) is 26.1 Å². The van der Waals surface area contributed by atoms with E-state index in [9.17, 15) is 4.39 Å². The van der Waals surface area contributed by atoms with Gasteiger partial charge in [-0.2, -0.15) is 0 Å². The van der Waals surface area contributed by atoms with Crippen LogP contribution >= 0.6 is 11.6 Å². The standard InChI is InChI=1S/C17H19ClFN/c1-10-5-6-13(9-16(10)19)17(20-4)14-7-11(2)12(3)8-15(14)18/h5-9,17,20H,1-4H3. The molecule has 0 spiro atoms. The molecule has 0 amide bonds. The zero-order valence-corrected chi connectivity index (χ0v) is 13.0. The van der Waals surface area contributed by atoms with Crippen LogP contribution in [0, 0.1) is 26.6 Å². The first-order valence-corrected chi connectivity index (χ1v) is 7.01. The number of nitrogens with one attached hydrogen (secondary N) is 1. The van der Waals surface area contributed by atoms with Crippen LogP contribution in [-0.4, -0.2) is 7.05 Å². The lowest BCUT2D eigenvalue weighted by Gasteiger charge is -2.20. The van der Waals surface area contributed by atoms with E-state index in [0.717, 1.165) is 16.7 Å². The second kappa shape index (κ2) is 5.94. The summed E-state index contributed by atoms with van der Waals surface area (Å²) < 4.78 is 13.8. The highest BCUT2D eigenvalue weighted by atomic mass is 35.5. The lowest BCUT2D eigenvalue weighted by Crippen LogP contribution is -2.18. The monoisotopic (exact) mass is 291 g/mol. The van der Waals surface area contributed by atoms with Crippen LogP contribution < -0.4 is 5.32 Å².